The lowest BCUT2D eigenvalue weighted by Gasteiger charge is -2.03. The number of rotatable bonds is 4. The fourth-order valence-corrected chi connectivity index (χ4v) is 1.38. The predicted octanol–water partition coefficient (Wildman–Crippen LogP) is 2.20. The summed E-state index contributed by atoms with van der Waals surface area (Å²) >= 11 is 0. The van der Waals surface area contributed by atoms with E-state index in [9.17, 15) is 4.39 Å². The lowest BCUT2D eigenvalue weighted by atomic mass is 10.1. The highest BCUT2D eigenvalue weighted by Crippen LogP contribution is 2.04. The molecule has 0 aliphatic heterocycles. The number of benzene rings is 1. The van der Waals surface area contributed by atoms with E-state index in [4.69, 9.17) is 0 Å². The van der Waals surface area contributed by atoms with E-state index < -0.39 is 0 Å². The maximum absolute atomic E-state index is 12.8. The number of hydrogen-bond donors (Lipinski definition) is 2. The number of H-pyrrole nitrogens is 1. The van der Waals surface area contributed by atoms with Gasteiger partial charge in [-0.2, -0.15) is 0 Å². The zero-order chi connectivity index (χ0) is 10.5. The molecular weight excluding hydrogens is 193 g/mol. The Morgan fingerprint density at radius 2 is 2.33 bits per heavy atom. The van der Waals surface area contributed by atoms with Crippen LogP contribution in [0.25, 0.3) is 0 Å². The van der Waals surface area contributed by atoms with Gasteiger partial charge < -0.3 is 10.3 Å². The molecular formula is C11H12FN3. The maximum Gasteiger partial charge on any atom is 0.200 e. The molecule has 0 bridgehead atoms. The number of nitrogens with one attached hydrogen (secondary N) is 2. The van der Waals surface area contributed by atoms with Gasteiger partial charge in [-0.05, 0) is 24.1 Å². The van der Waals surface area contributed by atoms with Crippen LogP contribution in [0.5, 0.6) is 0 Å². The van der Waals surface area contributed by atoms with Gasteiger partial charge in [0.15, 0.2) is 5.95 Å². The largest absolute Gasteiger partial charge is 0.355 e. The van der Waals surface area contributed by atoms with Crippen LogP contribution in [0.15, 0.2) is 36.7 Å². The van der Waals surface area contributed by atoms with Crippen molar-refractivity contribution in [2.45, 2.75) is 6.42 Å². The van der Waals surface area contributed by atoms with Crippen LogP contribution in [0.4, 0.5) is 10.3 Å². The van der Waals surface area contributed by atoms with Crippen molar-refractivity contribution in [3.8, 4) is 0 Å². The molecule has 0 saturated carbocycles. The van der Waals surface area contributed by atoms with Gasteiger partial charge in [0, 0.05) is 18.9 Å². The first-order valence-electron chi connectivity index (χ1n) is 4.82. The van der Waals surface area contributed by atoms with Gasteiger partial charge in [-0.1, -0.05) is 12.1 Å². The summed E-state index contributed by atoms with van der Waals surface area (Å²) in [6.07, 6.45) is 4.22. The summed E-state index contributed by atoms with van der Waals surface area (Å²) in [6.45, 7) is 0.733. The van der Waals surface area contributed by atoms with Crippen molar-refractivity contribution in [2.24, 2.45) is 0 Å². The first-order valence-corrected chi connectivity index (χ1v) is 4.82. The molecule has 0 aliphatic rings. The summed E-state index contributed by atoms with van der Waals surface area (Å²) in [6, 6.07) is 6.62. The van der Waals surface area contributed by atoms with E-state index in [2.05, 4.69) is 15.3 Å². The second kappa shape index (κ2) is 4.59. The van der Waals surface area contributed by atoms with E-state index in [0.717, 1.165) is 24.5 Å². The fourth-order valence-electron chi connectivity index (χ4n) is 1.38. The summed E-state index contributed by atoms with van der Waals surface area (Å²) < 4.78 is 12.8. The number of hydrogen-bond acceptors (Lipinski definition) is 2. The van der Waals surface area contributed by atoms with Crippen molar-refractivity contribution in [3.05, 3.63) is 48.0 Å². The average Bonchev–Trinajstić information content (AvgIpc) is 2.71. The first-order chi connectivity index (χ1) is 7.34. The average molecular weight is 205 g/mol. The monoisotopic (exact) mass is 205 g/mol. The van der Waals surface area contributed by atoms with E-state index in [1.807, 2.05) is 6.07 Å². The van der Waals surface area contributed by atoms with Crippen LogP contribution in [0.2, 0.25) is 0 Å². The Morgan fingerprint density at radius 3 is 3.07 bits per heavy atom. The van der Waals surface area contributed by atoms with E-state index in [1.165, 1.54) is 6.07 Å². The maximum atomic E-state index is 12.8. The van der Waals surface area contributed by atoms with Crippen LogP contribution >= 0.6 is 0 Å². The van der Waals surface area contributed by atoms with Crippen molar-refractivity contribution < 1.29 is 4.39 Å². The third-order valence-corrected chi connectivity index (χ3v) is 2.09. The standard InChI is InChI=1S/C11H12FN3/c12-10-3-1-2-9(8-10)4-5-13-11-14-6-7-15-11/h1-3,6-8H,4-5H2,(H2,13,14,15). The van der Waals surface area contributed by atoms with Gasteiger partial charge in [0.05, 0.1) is 0 Å². The van der Waals surface area contributed by atoms with Crippen LogP contribution < -0.4 is 5.32 Å². The van der Waals surface area contributed by atoms with E-state index in [0.29, 0.717) is 0 Å². The van der Waals surface area contributed by atoms with Crippen LogP contribution in [0, 0.1) is 5.82 Å². The Balaban J connectivity index is 1.83. The van der Waals surface area contributed by atoms with Crippen LogP contribution in [0.3, 0.4) is 0 Å². The Morgan fingerprint density at radius 1 is 1.40 bits per heavy atom. The first kappa shape index (κ1) is 9.71. The molecule has 1 aromatic heterocycles. The van der Waals surface area contributed by atoms with Crippen molar-refractivity contribution in [2.75, 3.05) is 11.9 Å². The quantitative estimate of drug-likeness (QED) is 0.803. The molecule has 0 unspecified atom stereocenters. The minimum Gasteiger partial charge on any atom is -0.355 e. The number of aromatic amines is 1. The molecule has 0 amide bonds. The van der Waals surface area contributed by atoms with Gasteiger partial charge in [-0.3, -0.25) is 0 Å². The van der Waals surface area contributed by atoms with Gasteiger partial charge in [-0.25, -0.2) is 9.37 Å². The Bertz CT molecular complexity index is 412. The minimum atomic E-state index is -0.189. The van der Waals surface area contributed by atoms with Gasteiger partial charge in [0.2, 0.25) is 0 Å². The summed E-state index contributed by atoms with van der Waals surface area (Å²) in [5.41, 5.74) is 0.981. The van der Waals surface area contributed by atoms with Gasteiger partial charge in [0.1, 0.15) is 5.82 Å². The van der Waals surface area contributed by atoms with Crippen molar-refractivity contribution in [1.29, 1.82) is 0 Å². The summed E-state index contributed by atoms with van der Waals surface area (Å²) in [4.78, 5) is 6.96. The Labute approximate surface area is 87.4 Å². The Kier molecular flexibility index (Phi) is 2.97. The number of aromatic nitrogens is 2. The minimum absolute atomic E-state index is 0.189. The molecule has 0 spiro atoms. The van der Waals surface area contributed by atoms with E-state index >= 15 is 0 Å². The number of halogens is 1. The third kappa shape index (κ3) is 2.80. The molecule has 2 aromatic rings. The van der Waals surface area contributed by atoms with Gasteiger partial charge in [0.25, 0.3) is 0 Å². The molecule has 3 nitrogen and oxygen atoms in total. The van der Waals surface area contributed by atoms with Crippen LogP contribution in [-0.4, -0.2) is 16.5 Å². The smallest absolute Gasteiger partial charge is 0.200 e. The topological polar surface area (TPSA) is 40.7 Å². The molecule has 1 aromatic carbocycles. The molecule has 4 heteroatoms. The van der Waals surface area contributed by atoms with Crippen molar-refractivity contribution in [1.82, 2.24) is 9.97 Å². The molecule has 1 heterocycles. The zero-order valence-corrected chi connectivity index (χ0v) is 8.20. The van der Waals surface area contributed by atoms with Gasteiger partial charge >= 0.3 is 0 Å². The highest BCUT2D eigenvalue weighted by Gasteiger charge is 1.96. The summed E-state index contributed by atoms with van der Waals surface area (Å²) in [5.74, 6) is 0.553. The predicted molar refractivity (Wildman–Crippen MR) is 57.2 cm³/mol. The molecule has 0 radical (unpaired) electrons. The van der Waals surface area contributed by atoms with E-state index in [-0.39, 0.29) is 5.82 Å². The van der Waals surface area contributed by atoms with Crippen molar-refractivity contribution in [3.63, 3.8) is 0 Å². The molecule has 2 N–H and O–H groups in total. The molecule has 2 rings (SSSR count). The number of nitrogens with zero attached hydrogens (tertiary/aromatic N) is 1. The molecule has 0 fully saturated rings. The number of imidazole rings is 1. The molecule has 0 saturated heterocycles. The lowest BCUT2D eigenvalue weighted by Crippen LogP contribution is -2.06. The second-order valence-corrected chi connectivity index (χ2v) is 3.24. The second-order valence-electron chi connectivity index (χ2n) is 3.24. The summed E-state index contributed by atoms with van der Waals surface area (Å²) in [5, 5.41) is 3.10. The van der Waals surface area contributed by atoms with Crippen molar-refractivity contribution >= 4 is 5.95 Å². The van der Waals surface area contributed by atoms with Crippen LogP contribution in [-0.2, 0) is 6.42 Å². The normalized spacial score (nSPS) is 10.2. The molecule has 0 atom stereocenters. The third-order valence-electron chi connectivity index (χ3n) is 2.09. The number of anilines is 1. The Hall–Kier alpha value is -1.84. The highest BCUT2D eigenvalue weighted by atomic mass is 19.1. The van der Waals surface area contributed by atoms with Crippen LogP contribution in [0.1, 0.15) is 5.56 Å². The van der Waals surface area contributed by atoms with E-state index in [1.54, 1.807) is 24.5 Å². The zero-order valence-electron chi connectivity index (χ0n) is 8.20. The molecule has 78 valence electrons. The fraction of sp³-hybridized carbons (Fsp3) is 0.182. The SMILES string of the molecule is Fc1cccc(CCNc2ncc[nH]2)c1. The van der Waals surface area contributed by atoms with Gasteiger partial charge in [-0.15, -0.1) is 0 Å². The summed E-state index contributed by atoms with van der Waals surface area (Å²) in [7, 11) is 0. The lowest BCUT2D eigenvalue weighted by molar-refractivity contribution is 0.625. The molecule has 15 heavy (non-hydrogen) atoms. The molecule has 0 aliphatic carbocycles. The highest BCUT2D eigenvalue weighted by molar-refractivity contribution is 5.24.